The van der Waals surface area contributed by atoms with Gasteiger partial charge in [0.1, 0.15) is 5.82 Å². The van der Waals surface area contributed by atoms with Gasteiger partial charge in [0.05, 0.1) is 40.8 Å². The zero-order valence-electron chi connectivity index (χ0n) is 16.9. The van der Waals surface area contributed by atoms with Crippen molar-refractivity contribution in [3.05, 3.63) is 53.1 Å². The third-order valence-electron chi connectivity index (χ3n) is 5.45. The normalized spacial score (nSPS) is 17.9. The molecule has 1 aliphatic rings. The van der Waals surface area contributed by atoms with E-state index in [1.54, 1.807) is 20.0 Å². The van der Waals surface area contributed by atoms with Crippen LogP contribution >= 0.6 is 0 Å². The van der Waals surface area contributed by atoms with Crippen LogP contribution in [0.5, 0.6) is 0 Å². The lowest BCUT2D eigenvalue weighted by molar-refractivity contribution is -0.140. The van der Waals surface area contributed by atoms with Crippen LogP contribution in [0.2, 0.25) is 0 Å². The maximum atomic E-state index is 14.6. The molecular weight excluding hydrogens is 414 g/mol. The van der Waals surface area contributed by atoms with Crippen molar-refractivity contribution in [3.63, 3.8) is 0 Å². The number of β-amino-alcohol motifs (C(OH)–C–C–N with tert-alkyl or cyclic N) is 1. The van der Waals surface area contributed by atoms with Crippen LogP contribution < -0.4 is 10.2 Å². The van der Waals surface area contributed by atoms with Gasteiger partial charge in [0.2, 0.25) is 0 Å². The number of aliphatic hydroxyl groups excluding tert-OH is 1. The highest BCUT2D eigenvalue weighted by atomic mass is 19.4. The van der Waals surface area contributed by atoms with Crippen LogP contribution in [0.15, 0.2) is 30.5 Å². The summed E-state index contributed by atoms with van der Waals surface area (Å²) >= 11 is 0. The van der Waals surface area contributed by atoms with Crippen molar-refractivity contribution in [2.24, 2.45) is 0 Å². The number of halogens is 4. The average Bonchev–Trinajstić information content (AvgIpc) is 3.15. The van der Waals surface area contributed by atoms with Crippen LogP contribution in [0, 0.1) is 12.7 Å². The van der Waals surface area contributed by atoms with Gasteiger partial charge in [0.15, 0.2) is 5.82 Å². The van der Waals surface area contributed by atoms with Gasteiger partial charge in [-0.1, -0.05) is 12.1 Å². The molecule has 2 aromatic heterocycles. The van der Waals surface area contributed by atoms with Crippen molar-refractivity contribution in [3.8, 4) is 0 Å². The van der Waals surface area contributed by atoms with Gasteiger partial charge < -0.3 is 15.3 Å². The predicted octanol–water partition coefficient (Wildman–Crippen LogP) is 4.24. The fourth-order valence-corrected chi connectivity index (χ4v) is 3.79. The van der Waals surface area contributed by atoms with Crippen LogP contribution in [0.4, 0.5) is 29.1 Å². The van der Waals surface area contributed by atoms with Crippen LogP contribution in [0.3, 0.4) is 0 Å². The molecule has 0 spiro atoms. The molecule has 0 unspecified atom stereocenters. The Bertz CT molecular complexity index is 1120. The molecule has 6 nitrogen and oxygen atoms in total. The molecular formula is C21H21F4N5O. The third-order valence-corrected chi connectivity index (χ3v) is 5.45. The fraction of sp³-hybridized carbons (Fsp3) is 0.381. The highest BCUT2D eigenvalue weighted by Gasteiger charge is 2.35. The molecule has 0 bridgehead atoms. The standard InChI is InChI=1S/C21H21F4N5O/c1-11(15-4-3-5-17(18(15)22)21(23,24)25)27-20-16-8-13(30-7-6-14(31)10-30)9-26-19(16)12(2)28-29-20/h3-5,8-9,11,14,31H,6-7,10H2,1-2H3,(H,27,29)/t11-,14+/m1/s1. The Kier molecular flexibility index (Phi) is 5.42. The molecule has 1 saturated heterocycles. The summed E-state index contributed by atoms with van der Waals surface area (Å²) in [7, 11) is 0. The second-order valence-corrected chi connectivity index (χ2v) is 7.68. The quantitative estimate of drug-likeness (QED) is 0.598. The molecule has 0 saturated carbocycles. The van der Waals surface area contributed by atoms with Gasteiger partial charge in [0, 0.05) is 24.0 Å². The van der Waals surface area contributed by atoms with Crippen molar-refractivity contribution in [2.75, 3.05) is 23.3 Å². The molecule has 1 aliphatic heterocycles. The largest absolute Gasteiger partial charge is 0.419 e. The summed E-state index contributed by atoms with van der Waals surface area (Å²) in [6.07, 6.45) is -2.85. The van der Waals surface area contributed by atoms with Crippen molar-refractivity contribution in [2.45, 2.75) is 38.6 Å². The smallest absolute Gasteiger partial charge is 0.391 e. The van der Waals surface area contributed by atoms with E-state index in [0.29, 0.717) is 48.0 Å². The number of anilines is 2. The zero-order chi connectivity index (χ0) is 22.3. The highest BCUT2D eigenvalue weighted by molar-refractivity contribution is 5.92. The number of aryl methyl sites for hydroxylation is 1. The van der Waals surface area contributed by atoms with Gasteiger partial charge in [0.25, 0.3) is 0 Å². The topological polar surface area (TPSA) is 74.2 Å². The molecule has 31 heavy (non-hydrogen) atoms. The number of hydrogen-bond acceptors (Lipinski definition) is 6. The van der Waals surface area contributed by atoms with E-state index in [9.17, 15) is 22.7 Å². The molecule has 3 aromatic rings. The summed E-state index contributed by atoms with van der Waals surface area (Å²) in [5, 5.41) is 21.6. The number of rotatable bonds is 4. The Labute approximate surface area is 175 Å². The van der Waals surface area contributed by atoms with Gasteiger partial charge in [-0.25, -0.2) is 4.39 Å². The van der Waals surface area contributed by atoms with Crippen molar-refractivity contribution >= 4 is 22.4 Å². The molecule has 0 aliphatic carbocycles. The molecule has 2 atom stereocenters. The Hall–Kier alpha value is -3.01. The number of benzene rings is 1. The number of aromatic nitrogens is 3. The number of fused-ring (bicyclic) bond motifs is 1. The van der Waals surface area contributed by atoms with Gasteiger partial charge in [-0.05, 0) is 32.4 Å². The molecule has 1 fully saturated rings. The molecule has 1 aromatic carbocycles. The number of nitrogens with one attached hydrogen (secondary N) is 1. The maximum Gasteiger partial charge on any atom is 0.419 e. The van der Waals surface area contributed by atoms with Crippen molar-refractivity contribution < 1.29 is 22.7 Å². The van der Waals surface area contributed by atoms with E-state index in [-0.39, 0.29) is 5.56 Å². The van der Waals surface area contributed by atoms with Crippen LogP contribution in [-0.2, 0) is 6.18 Å². The first kappa shape index (κ1) is 21.2. The average molecular weight is 435 g/mol. The molecule has 4 rings (SSSR count). The SMILES string of the molecule is Cc1nnc(N[C@H](C)c2cccc(C(F)(F)F)c2F)c2cc(N3CC[C@H](O)C3)cnc12. The lowest BCUT2D eigenvalue weighted by atomic mass is 10.0. The van der Waals surface area contributed by atoms with Gasteiger partial charge >= 0.3 is 6.18 Å². The molecule has 2 N–H and O–H groups in total. The second kappa shape index (κ2) is 7.92. The molecule has 164 valence electrons. The Morgan fingerprint density at radius 1 is 1.26 bits per heavy atom. The van der Waals surface area contributed by atoms with Gasteiger partial charge in [-0.15, -0.1) is 5.10 Å². The van der Waals surface area contributed by atoms with E-state index < -0.39 is 29.7 Å². The van der Waals surface area contributed by atoms with E-state index in [1.165, 1.54) is 12.1 Å². The molecule has 3 heterocycles. The minimum absolute atomic E-state index is 0.128. The first-order valence-corrected chi connectivity index (χ1v) is 9.83. The minimum atomic E-state index is -4.78. The lowest BCUT2D eigenvalue weighted by Gasteiger charge is -2.21. The van der Waals surface area contributed by atoms with Crippen LogP contribution in [-0.4, -0.2) is 39.5 Å². The van der Waals surface area contributed by atoms with Gasteiger partial charge in [-0.3, -0.25) is 4.98 Å². The van der Waals surface area contributed by atoms with Crippen molar-refractivity contribution in [1.29, 1.82) is 0 Å². The van der Waals surface area contributed by atoms with Crippen LogP contribution in [0.25, 0.3) is 10.9 Å². The molecule has 10 heteroatoms. The van der Waals surface area contributed by atoms with Gasteiger partial charge in [-0.2, -0.15) is 18.3 Å². The fourth-order valence-electron chi connectivity index (χ4n) is 3.79. The number of alkyl halides is 3. The Morgan fingerprint density at radius 3 is 2.71 bits per heavy atom. The summed E-state index contributed by atoms with van der Waals surface area (Å²) in [6, 6.07) is 4.24. The van der Waals surface area contributed by atoms with Crippen molar-refractivity contribution in [1.82, 2.24) is 15.2 Å². The summed E-state index contributed by atoms with van der Waals surface area (Å²) < 4.78 is 53.8. The minimum Gasteiger partial charge on any atom is -0.391 e. The summed E-state index contributed by atoms with van der Waals surface area (Å²) in [5.74, 6) is -1.02. The first-order chi connectivity index (χ1) is 14.6. The summed E-state index contributed by atoms with van der Waals surface area (Å²) in [4.78, 5) is 6.46. The predicted molar refractivity (Wildman–Crippen MR) is 108 cm³/mol. The lowest BCUT2D eigenvalue weighted by Crippen LogP contribution is -2.21. The van der Waals surface area contributed by atoms with E-state index in [1.807, 2.05) is 11.0 Å². The number of nitrogens with zero attached hydrogens (tertiary/aromatic N) is 4. The number of hydrogen-bond donors (Lipinski definition) is 2. The Balaban J connectivity index is 1.71. The van der Waals surface area contributed by atoms with Crippen LogP contribution in [0.1, 0.15) is 36.2 Å². The molecule has 0 amide bonds. The monoisotopic (exact) mass is 435 g/mol. The Morgan fingerprint density at radius 2 is 2.03 bits per heavy atom. The second-order valence-electron chi connectivity index (χ2n) is 7.68. The number of aliphatic hydroxyl groups is 1. The number of pyridine rings is 1. The summed E-state index contributed by atoms with van der Waals surface area (Å²) in [5.41, 5.74) is 0.522. The maximum absolute atomic E-state index is 14.6. The third kappa shape index (κ3) is 4.12. The van der Waals surface area contributed by atoms with E-state index in [4.69, 9.17) is 0 Å². The highest BCUT2D eigenvalue weighted by Crippen LogP contribution is 2.35. The van der Waals surface area contributed by atoms with E-state index in [2.05, 4.69) is 20.5 Å². The molecule has 0 radical (unpaired) electrons. The summed E-state index contributed by atoms with van der Waals surface area (Å²) in [6.45, 7) is 4.47. The van der Waals surface area contributed by atoms with E-state index >= 15 is 0 Å². The first-order valence-electron chi connectivity index (χ1n) is 9.83. The van der Waals surface area contributed by atoms with E-state index in [0.717, 1.165) is 5.69 Å². The zero-order valence-corrected chi connectivity index (χ0v) is 16.9.